The van der Waals surface area contributed by atoms with E-state index in [1.165, 1.54) is 11.3 Å². The number of aromatic nitrogens is 1. The van der Waals surface area contributed by atoms with E-state index in [0.29, 0.717) is 29.2 Å². The highest BCUT2D eigenvalue weighted by atomic mass is 32.1. The average Bonchev–Trinajstić information content (AvgIpc) is 3.40. The van der Waals surface area contributed by atoms with E-state index >= 15 is 0 Å². The van der Waals surface area contributed by atoms with Gasteiger partial charge in [-0.2, -0.15) is 0 Å². The molecule has 0 unspecified atom stereocenters. The van der Waals surface area contributed by atoms with Gasteiger partial charge in [0.1, 0.15) is 0 Å². The third kappa shape index (κ3) is 4.90. The molecule has 0 atom stereocenters. The highest BCUT2D eigenvalue weighted by Crippen LogP contribution is 2.18. The quantitative estimate of drug-likeness (QED) is 0.675. The van der Waals surface area contributed by atoms with Gasteiger partial charge in [-0.25, -0.2) is 4.98 Å². The number of thiazole rings is 1. The van der Waals surface area contributed by atoms with E-state index in [9.17, 15) is 9.59 Å². The summed E-state index contributed by atoms with van der Waals surface area (Å²) in [6.07, 6.45) is 0. The number of hydrogen-bond acceptors (Lipinski definition) is 6. The largest absolute Gasteiger partial charge is 0.336 e. The van der Waals surface area contributed by atoms with Gasteiger partial charge in [-0.3, -0.25) is 14.5 Å². The van der Waals surface area contributed by atoms with Gasteiger partial charge in [-0.15, -0.1) is 22.7 Å². The molecule has 0 radical (unpaired) electrons. The van der Waals surface area contributed by atoms with Crippen molar-refractivity contribution in [1.82, 2.24) is 14.8 Å². The molecule has 6 nitrogen and oxygen atoms in total. The van der Waals surface area contributed by atoms with Gasteiger partial charge in [0.15, 0.2) is 0 Å². The summed E-state index contributed by atoms with van der Waals surface area (Å²) in [7, 11) is 0. The van der Waals surface area contributed by atoms with E-state index in [4.69, 9.17) is 0 Å². The smallest absolute Gasteiger partial charge is 0.265 e. The zero-order valence-electron chi connectivity index (χ0n) is 16.1. The van der Waals surface area contributed by atoms with Gasteiger partial charge in [-0.1, -0.05) is 12.1 Å². The number of benzene rings is 1. The molecule has 29 heavy (non-hydrogen) atoms. The van der Waals surface area contributed by atoms with Crippen molar-refractivity contribution in [3.63, 3.8) is 0 Å². The summed E-state index contributed by atoms with van der Waals surface area (Å²) in [5.41, 5.74) is 2.32. The minimum absolute atomic E-state index is 0.00127. The fraction of sp³-hybridized carbons (Fsp3) is 0.286. The third-order valence-electron chi connectivity index (χ3n) is 4.82. The van der Waals surface area contributed by atoms with Crippen molar-refractivity contribution in [3.8, 4) is 0 Å². The Bertz CT molecular complexity index is 992. The van der Waals surface area contributed by atoms with Crippen LogP contribution in [0, 0.1) is 6.92 Å². The second-order valence-corrected chi connectivity index (χ2v) is 8.95. The highest BCUT2D eigenvalue weighted by molar-refractivity contribution is 7.12. The number of aryl methyl sites for hydroxylation is 1. The molecular weight excluding hydrogens is 404 g/mol. The molecular formula is C21H22N4O2S2. The standard InChI is InChI=1S/C21H22N4O2S2/c1-15-22-18(14-29-15)13-24-7-9-25(10-8-24)21(27)16-4-2-5-17(12-16)23-20(26)19-6-3-11-28-19/h2-6,11-12,14H,7-10,13H2,1H3,(H,23,26). The Hall–Kier alpha value is -2.55. The topological polar surface area (TPSA) is 65.5 Å². The van der Waals surface area contributed by atoms with E-state index in [-0.39, 0.29) is 11.8 Å². The van der Waals surface area contributed by atoms with Crippen LogP contribution >= 0.6 is 22.7 Å². The van der Waals surface area contributed by atoms with Gasteiger partial charge in [0.05, 0.1) is 15.6 Å². The number of piperazine rings is 1. The number of anilines is 1. The average molecular weight is 427 g/mol. The lowest BCUT2D eigenvalue weighted by atomic mass is 10.1. The Morgan fingerprint density at radius 2 is 1.93 bits per heavy atom. The van der Waals surface area contributed by atoms with Gasteiger partial charge >= 0.3 is 0 Å². The maximum atomic E-state index is 12.9. The highest BCUT2D eigenvalue weighted by Gasteiger charge is 2.23. The zero-order chi connectivity index (χ0) is 20.2. The molecule has 1 aromatic carbocycles. The number of thiophene rings is 1. The molecule has 8 heteroatoms. The molecule has 4 rings (SSSR count). The lowest BCUT2D eigenvalue weighted by Crippen LogP contribution is -2.48. The van der Waals surface area contributed by atoms with Gasteiger partial charge in [0.2, 0.25) is 0 Å². The fourth-order valence-electron chi connectivity index (χ4n) is 3.33. The van der Waals surface area contributed by atoms with Crippen molar-refractivity contribution in [1.29, 1.82) is 0 Å². The van der Waals surface area contributed by atoms with Crippen LogP contribution in [0.1, 0.15) is 30.7 Å². The van der Waals surface area contributed by atoms with Crippen LogP contribution in [0.3, 0.4) is 0 Å². The van der Waals surface area contributed by atoms with Crippen LogP contribution in [-0.4, -0.2) is 52.8 Å². The molecule has 1 aliphatic rings. The number of amides is 2. The van der Waals surface area contributed by atoms with Crippen molar-refractivity contribution < 1.29 is 9.59 Å². The lowest BCUT2D eigenvalue weighted by Gasteiger charge is -2.34. The second kappa shape index (κ2) is 8.86. The third-order valence-corrected chi connectivity index (χ3v) is 6.51. The van der Waals surface area contributed by atoms with Crippen LogP contribution in [-0.2, 0) is 6.54 Å². The first-order valence-electron chi connectivity index (χ1n) is 9.46. The Kier molecular flexibility index (Phi) is 6.03. The van der Waals surface area contributed by atoms with E-state index in [1.54, 1.807) is 41.7 Å². The summed E-state index contributed by atoms with van der Waals surface area (Å²) in [5.74, 6) is -0.156. The Balaban J connectivity index is 1.34. The molecule has 0 aliphatic carbocycles. The normalized spacial score (nSPS) is 14.7. The molecule has 150 valence electrons. The number of rotatable bonds is 5. The summed E-state index contributed by atoms with van der Waals surface area (Å²) < 4.78 is 0. The molecule has 2 aromatic heterocycles. The molecule has 2 amide bonds. The van der Waals surface area contributed by atoms with E-state index in [2.05, 4.69) is 20.6 Å². The fourth-order valence-corrected chi connectivity index (χ4v) is 4.55. The lowest BCUT2D eigenvalue weighted by molar-refractivity contribution is 0.0627. The van der Waals surface area contributed by atoms with Crippen LogP contribution in [0.15, 0.2) is 47.2 Å². The van der Waals surface area contributed by atoms with Crippen molar-refractivity contribution >= 4 is 40.2 Å². The first-order valence-corrected chi connectivity index (χ1v) is 11.2. The van der Waals surface area contributed by atoms with Crippen molar-refractivity contribution in [2.45, 2.75) is 13.5 Å². The first-order chi connectivity index (χ1) is 14.1. The van der Waals surface area contributed by atoms with E-state index in [0.717, 1.165) is 30.3 Å². The molecule has 1 aliphatic heterocycles. The van der Waals surface area contributed by atoms with Crippen LogP contribution in [0.2, 0.25) is 0 Å². The minimum Gasteiger partial charge on any atom is -0.336 e. The van der Waals surface area contributed by atoms with Crippen LogP contribution < -0.4 is 5.32 Å². The Morgan fingerprint density at radius 1 is 1.10 bits per heavy atom. The second-order valence-electron chi connectivity index (χ2n) is 6.94. The van der Waals surface area contributed by atoms with Crippen molar-refractivity contribution in [2.24, 2.45) is 0 Å². The number of carbonyl (C=O) groups is 2. The van der Waals surface area contributed by atoms with Gasteiger partial charge in [0.25, 0.3) is 11.8 Å². The summed E-state index contributed by atoms with van der Waals surface area (Å²) in [6, 6.07) is 10.8. The molecule has 3 heterocycles. The molecule has 0 spiro atoms. The predicted molar refractivity (Wildman–Crippen MR) is 117 cm³/mol. The number of nitrogens with one attached hydrogen (secondary N) is 1. The maximum Gasteiger partial charge on any atom is 0.265 e. The van der Waals surface area contributed by atoms with Crippen LogP contribution in [0.25, 0.3) is 0 Å². The number of nitrogens with zero attached hydrogens (tertiary/aromatic N) is 3. The molecule has 3 aromatic rings. The maximum absolute atomic E-state index is 12.9. The van der Waals surface area contributed by atoms with Crippen molar-refractivity contribution in [2.75, 3.05) is 31.5 Å². The van der Waals surface area contributed by atoms with Gasteiger partial charge in [0, 0.05) is 49.4 Å². The summed E-state index contributed by atoms with van der Waals surface area (Å²) in [4.78, 5) is 34.5. The molecule has 0 saturated carbocycles. The van der Waals surface area contributed by atoms with E-state index < -0.39 is 0 Å². The van der Waals surface area contributed by atoms with Crippen LogP contribution in [0.5, 0.6) is 0 Å². The predicted octanol–water partition coefficient (Wildman–Crippen LogP) is 3.72. The Morgan fingerprint density at radius 3 is 2.62 bits per heavy atom. The monoisotopic (exact) mass is 426 g/mol. The molecule has 1 saturated heterocycles. The van der Waals surface area contributed by atoms with Crippen LogP contribution in [0.4, 0.5) is 5.69 Å². The van der Waals surface area contributed by atoms with E-state index in [1.807, 2.05) is 23.3 Å². The molecule has 0 bridgehead atoms. The molecule has 1 fully saturated rings. The SMILES string of the molecule is Cc1nc(CN2CCN(C(=O)c3cccc(NC(=O)c4cccs4)c3)CC2)cs1. The van der Waals surface area contributed by atoms with Gasteiger partial charge in [-0.05, 0) is 36.6 Å². The van der Waals surface area contributed by atoms with Gasteiger partial charge < -0.3 is 10.2 Å². The number of carbonyl (C=O) groups excluding carboxylic acids is 2. The summed E-state index contributed by atoms with van der Waals surface area (Å²) >= 11 is 3.06. The zero-order valence-corrected chi connectivity index (χ0v) is 17.8. The summed E-state index contributed by atoms with van der Waals surface area (Å²) in [5, 5.41) is 7.91. The number of hydrogen-bond donors (Lipinski definition) is 1. The minimum atomic E-state index is -0.157. The Labute approximate surface area is 177 Å². The first kappa shape index (κ1) is 19.8. The molecule has 1 N–H and O–H groups in total. The van der Waals surface area contributed by atoms with Crippen molar-refractivity contribution in [3.05, 3.63) is 68.3 Å². The summed E-state index contributed by atoms with van der Waals surface area (Å²) in [6.45, 7) is 5.88.